The molecule has 0 aliphatic carbocycles. The first kappa shape index (κ1) is 13.5. The molecule has 0 saturated carbocycles. The zero-order valence-corrected chi connectivity index (χ0v) is 10.7. The largest absolute Gasteiger partial charge is 0.465 e. The minimum Gasteiger partial charge on any atom is -0.465 e. The highest BCUT2D eigenvalue weighted by molar-refractivity contribution is 5.81. The molecule has 1 unspecified atom stereocenters. The highest BCUT2D eigenvalue weighted by atomic mass is 16.7. The number of rotatable bonds is 4. The molecule has 19 heavy (non-hydrogen) atoms. The number of carbonyl (C=O) groups excluding carboxylic acids is 1. The van der Waals surface area contributed by atoms with E-state index in [0.29, 0.717) is 18.8 Å². The Kier molecular flexibility index (Phi) is 4.50. The fraction of sp³-hybridized carbons (Fsp3) is 0.429. The Balaban J connectivity index is 2.21. The molecule has 0 spiro atoms. The molecule has 5 nitrogen and oxygen atoms in total. The van der Waals surface area contributed by atoms with Crippen LogP contribution in [0.15, 0.2) is 24.3 Å². The van der Waals surface area contributed by atoms with Crippen LogP contribution in [0.1, 0.15) is 30.3 Å². The summed E-state index contributed by atoms with van der Waals surface area (Å²) in [7, 11) is 0. The third-order valence-corrected chi connectivity index (χ3v) is 2.79. The Bertz CT molecular complexity index is 488. The molecule has 1 fully saturated rings. The number of hydrogen-bond donors (Lipinski definition) is 0. The second kappa shape index (κ2) is 6.32. The summed E-state index contributed by atoms with van der Waals surface area (Å²) in [5.74, 6) is -1.45. The van der Waals surface area contributed by atoms with Gasteiger partial charge in [-0.3, -0.25) is 4.79 Å². The van der Waals surface area contributed by atoms with E-state index in [1.165, 1.54) is 0 Å². The van der Waals surface area contributed by atoms with Crippen LogP contribution in [0.2, 0.25) is 0 Å². The van der Waals surface area contributed by atoms with Crippen LogP contribution < -0.4 is 0 Å². The predicted molar refractivity (Wildman–Crippen MR) is 66.1 cm³/mol. The average Bonchev–Trinajstić information content (AvgIpc) is 2.94. The monoisotopic (exact) mass is 261 g/mol. The third-order valence-electron chi connectivity index (χ3n) is 2.79. The van der Waals surface area contributed by atoms with E-state index < -0.39 is 18.2 Å². The second-order valence-corrected chi connectivity index (χ2v) is 4.06. The van der Waals surface area contributed by atoms with Crippen molar-refractivity contribution in [3.63, 3.8) is 0 Å². The van der Waals surface area contributed by atoms with Gasteiger partial charge in [0.1, 0.15) is 0 Å². The van der Waals surface area contributed by atoms with Gasteiger partial charge in [0.05, 0.1) is 25.9 Å². The summed E-state index contributed by atoms with van der Waals surface area (Å²) < 4.78 is 15.7. The van der Waals surface area contributed by atoms with Crippen molar-refractivity contribution in [2.45, 2.75) is 19.1 Å². The van der Waals surface area contributed by atoms with E-state index in [4.69, 9.17) is 19.5 Å². The zero-order chi connectivity index (χ0) is 13.7. The van der Waals surface area contributed by atoms with E-state index in [1.807, 2.05) is 12.1 Å². The van der Waals surface area contributed by atoms with Gasteiger partial charge in [0, 0.05) is 5.56 Å². The number of nitrogens with zero attached hydrogens (tertiary/aromatic N) is 1. The van der Waals surface area contributed by atoms with E-state index in [1.54, 1.807) is 25.1 Å². The fourth-order valence-corrected chi connectivity index (χ4v) is 1.92. The number of hydrogen-bond acceptors (Lipinski definition) is 5. The molecule has 1 aliphatic heterocycles. The molecule has 5 heteroatoms. The summed E-state index contributed by atoms with van der Waals surface area (Å²) in [6.45, 7) is 3.07. The van der Waals surface area contributed by atoms with Gasteiger partial charge in [-0.1, -0.05) is 18.2 Å². The first-order chi connectivity index (χ1) is 9.26. The van der Waals surface area contributed by atoms with Gasteiger partial charge in [-0.15, -0.1) is 0 Å². The molecule has 0 N–H and O–H groups in total. The van der Waals surface area contributed by atoms with Gasteiger partial charge in [0.25, 0.3) is 0 Å². The Morgan fingerprint density at radius 3 is 2.89 bits per heavy atom. The Labute approximate surface area is 111 Å². The summed E-state index contributed by atoms with van der Waals surface area (Å²) in [5, 5.41) is 9.12. The Hall–Kier alpha value is -1.90. The van der Waals surface area contributed by atoms with Crippen molar-refractivity contribution in [3.8, 4) is 6.07 Å². The summed E-state index contributed by atoms with van der Waals surface area (Å²) >= 11 is 0. The van der Waals surface area contributed by atoms with E-state index in [0.717, 1.165) is 5.56 Å². The molecular weight excluding hydrogens is 246 g/mol. The van der Waals surface area contributed by atoms with Crippen molar-refractivity contribution < 1.29 is 19.0 Å². The number of carbonyl (C=O) groups is 1. The lowest BCUT2D eigenvalue weighted by Gasteiger charge is -2.13. The Morgan fingerprint density at radius 1 is 1.53 bits per heavy atom. The van der Waals surface area contributed by atoms with Gasteiger partial charge < -0.3 is 14.2 Å². The van der Waals surface area contributed by atoms with Crippen LogP contribution in [0.3, 0.4) is 0 Å². The molecule has 0 bridgehead atoms. The first-order valence-electron chi connectivity index (χ1n) is 6.15. The van der Waals surface area contributed by atoms with Crippen molar-refractivity contribution in [2.24, 2.45) is 0 Å². The van der Waals surface area contributed by atoms with Crippen LogP contribution in [-0.4, -0.2) is 25.8 Å². The minimum atomic E-state index is -0.915. The molecule has 2 rings (SSSR count). The summed E-state index contributed by atoms with van der Waals surface area (Å²) in [6, 6.07) is 9.06. The second-order valence-electron chi connectivity index (χ2n) is 4.06. The number of esters is 1. The molecule has 100 valence electrons. The molecular formula is C14H15NO4. The fourth-order valence-electron chi connectivity index (χ4n) is 1.92. The van der Waals surface area contributed by atoms with Crippen molar-refractivity contribution in [1.29, 1.82) is 5.26 Å². The lowest BCUT2D eigenvalue weighted by molar-refractivity contribution is -0.143. The van der Waals surface area contributed by atoms with Gasteiger partial charge in [-0.25, -0.2) is 0 Å². The maximum absolute atomic E-state index is 11.7. The van der Waals surface area contributed by atoms with Crippen molar-refractivity contribution in [3.05, 3.63) is 35.4 Å². The van der Waals surface area contributed by atoms with E-state index in [9.17, 15) is 4.79 Å². The maximum Gasteiger partial charge on any atom is 0.327 e. The van der Waals surface area contributed by atoms with Crippen LogP contribution in [0, 0.1) is 11.3 Å². The summed E-state index contributed by atoms with van der Waals surface area (Å²) in [4.78, 5) is 11.7. The molecule has 0 aromatic heterocycles. The molecule has 1 aliphatic rings. The van der Waals surface area contributed by atoms with Crippen molar-refractivity contribution in [1.82, 2.24) is 0 Å². The van der Waals surface area contributed by atoms with Crippen LogP contribution in [0.25, 0.3) is 0 Å². The highest BCUT2D eigenvalue weighted by Crippen LogP contribution is 2.26. The van der Waals surface area contributed by atoms with Crippen LogP contribution in [-0.2, 0) is 19.0 Å². The summed E-state index contributed by atoms with van der Waals surface area (Å²) in [6.07, 6.45) is -0.415. The van der Waals surface area contributed by atoms with E-state index in [-0.39, 0.29) is 6.61 Å². The van der Waals surface area contributed by atoms with Crippen molar-refractivity contribution in [2.75, 3.05) is 19.8 Å². The molecule has 1 heterocycles. The summed E-state index contributed by atoms with van der Waals surface area (Å²) in [5.41, 5.74) is 1.40. The number of benzene rings is 1. The van der Waals surface area contributed by atoms with Gasteiger partial charge in [-0.05, 0) is 18.6 Å². The predicted octanol–water partition coefficient (Wildman–Crippen LogP) is 1.90. The average molecular weight is 261 g/mol. The Morgan fingerprint density at radius 2 is 2.26 bits per heavy atom. The highest BCUT2D eigenvalue weighted by Gasteiger charge is 2.24. The molecule has 1 aromatic carbocycles. The normalized spacial score (nSPS) is 16.8. The third kappa shape index (κ3) is 3.11. The minimum absolute atomic E-state index is 0.256. The van der Waals surface area contributed by atoms with E-state index in [2.05, 4.69) is 0 Å². The number of nitriles is 1. The molecule has 1 aromatic rings. The lowest BCUT2D eigenvalue weighted by atomic mass is 9.98. The van der Waals surface area contributed by atoms with Crippen LogP contribution >= 0.6 is 0 Å². The standard InChI is InChI=1S/C14H15NO4/c1-2-17-13(16)12(9-15)10-4-3-5-11(8-10)14-18-6-7-19-14/h3-5,8,12,14H,2,6-7H2,1H3. The maximum atomic E-state index is 11.7. The molecule has 1 saturated heterocycles. The first-order valence-corrected chi connectivity index (χ1v) is 6.15. The molecule has 0 amide bonds. The number of ether oxygens (including phenoxy) is 3. The van der Waals surface area contributed by atoms with Gasteiger partial charge in [-0.2, -0.15) is 5.26 Å². The van der Waals surface area contributed by atoms with Crippen LogP contribution in [0.4, 0.5) is 0 Å². The lowest BCUT2D eigenvalue weighted by Crippen LogP contribution is -2.14. The van der Waals surface area contributed by atoms with Gasteiger partial charge >= 0.3 is 5.97 Å². The topological polar surface area (TPSA) is 68.6 Å². The zero-order valence-electron chi connectivity index (χ0n) is 10.7. The molecule has 1 atom stereocenters. The van der Waals surface area contributed by atoms with E-state index >= 15 is 0 Å². The van der Waals surface area contributed by atoms with Gasteiger partial charge in [0.15, 0.2) is 12.2 Å². The SMILES string of the molecule is CCOC(=O)C(C#N)c1cccc(C2OCCO2)c1. The quantitative estimate of drug-likeness (QED) is 0.774. The smallest absolute Gasteiger partial charge is 0.327 e. The van der Waals surface area contributed by atoms with Gasteiger partial charge in [0.2, 0.25) is 0 Å². The van der Waals surface area contributed by atoms with Crippen LogP contribution in [0.5, 0.6) is 0 Å². The molecule has 0 radical (unpaired) electrons. The van der Waals surface area contributed by atoms with Crippen molar-refractivity contribution >= 4 is 5.97 Å².